The molecule has 0 aromatic carbocycles. The molecule has 0 rings (SSSR count). The van der Waals surface area contributed by atoms with Crippen LogP contribution < -0.4 is 11.5 Å². The molecule has 0 heterocycles. The van der Waals surface area contributed by atoms with Crippen molar-refractivity contribution in [3.05, 3.63) is 0 Å². The van der Waals surface area contributed by atoms with Crippen LogP contribution in [0.4, 0.5) is 0 Å². The van der Waals surface area contributed by atoms with Gasteiger partial charge in [-0.15, -0.1) is 0 Å². The molecule has 7 nitrogen and oxygen atoms in total. The number of nitrogens with two attached hydrogens (primary N) is 2. The van der Waals surface area contributed by atoms with Gasteiger partial charge in [-0.2, -0.15) is 0 Å². The molecule has 0 aliphatic carbocycles. The lowest BCUT2D eigenvalue weighted by molar-refractivity contribution is -0.163. The van der Waals surface area contributed by atoms with Gasteiger partial charge >= 0.3 is 11.9 Å². The quantitative estimate of drug-likeness (QED) is 0.274. The standard InChI is InChI=1S/C9H15N3O4/c1-4(2)7(14)16-8(15)6(5(3)13)12-9(10)11/h4,6H,1-3H3,(H4,10,11,12). The molecule has 0 spiro atoms. The SMILES string of the molecule is CC(=O)C(N=C(N)N)C(=O)OC(=O)C(C)C. The first-order valence-corrected chi connectivity index (χ1v) is 4.60. The Morgan fingerprint density at radius 1 is 1.12 bits per heavy atom. The second kappa shape index (κ2) is 5.84. The van der Waals surface area contributed by atoms with Gasteiger partial charge in [0.1, 0.15) is 0 Å². The topological polar surface area (TPSA) is 125 Å². The molecule has 0 saturated carbocycles. The fraction of sp³-hybridized carbons (Fsp3) is 0.556. The van der Waals surface area contributed by atoms with E-state index < -0.39 is 35.6 Å². The number of guanidine groups is 1. The van der Waals surface area contributed by atoms with Gasteiger partial charge < -0.3 is 16.2 Å². The molecule has 0 radical (unpaired) electrons. The lowest BCUT2D eigenvalue weighted by Gasteiger charge is -2.09. The highest BCUT2D eigenvalue weighted by atomic mass is 16.6. The summed E-state index contributed by atoms with van der Waals surface area (Å²) in [6.07, 6.45) is 0. The number of esters is 2. The van der Waals surface area contributed by atoms with Crippen molar-refractivity contribution in [3.63, 3.8) is 0 Å². The number of hydrogen-bond acceptors (Lipinski definition) is 5. The maximum Gasteiger partial charge on any atom is 0.346 e. The summed E-state index contributed by atoms with van der Waals surface area (Å²) in [5, 5.41) is 0. The second-order valence-electron chi connectivity index (χ2n) is 3.46. The molecular formula is C9H15N3O4. The van der Waals surface area contributed by atoms with Crippen LogP contribution in [0, 0.1) is 5.92 Å². The van der Waals surface area contributed by atoms with Gasteiger partial charge in [-0.1, -0.05) is 13.8 Å². The molecule has 0 fully saturated rings. The number of hydrogen-bond donors (Lipinski definition) is 2. The zero-order valence-corrected chi connectivity index (χ0v) is 9.39. The summed E-state index contributed by atoms with van der Waals surface area (Å²) in [7, 11) is 0. The van der Waals surface area contributed by atoms with E-state index in [1.807, 2.05) is 0 Å². The highest BCUT2D eigenvalue weighted by Gasteiger charge is 2.27. The number of ether oxygens (including phenoxy) is 1. The number of rotatable bonds is 4. The van der Waals surface area contributed by atoms with Gasteiger partial charge in [-0.25, -0.2) is 9.79 Å². The Hall–Kier alpha value is -1.92. The predicted molar refractivity (Wildman–Crippen MR) is 56.2 cm³/mol. The third-order valence-corrected chi connectivity index (χ3v) is 1.56. The van der Waals surface area contributed by atoms with Gasteiger partial charge in [0, 0.05) is 0 Å². The van der Waals surface area contributed by atoms with Gasteiger partial charge in [0.15, 0.2) is 11.7 Å². The fourth-order valence-electron chi connectivity index (χ4n) is 0.731. The summed E-state index contributed by atoms with van der Waals surface area (Å²) in [5.74, 6) is -3.30. The minimum Gasteiger partial charge on any atom is -0.391 e. The normalized spacial score (nSPS) is 11.8. The number of ketones is 1. The minimum atomic E-state index is -1.48. The Bertz CT molecular complexity index is 332. The molecular weight excluding hydrogens is 214 g/mol. The molecule has 0 saturated heterocycles. The number of carbonyl (C=O) groups is 3. The van der Waals surface area contributed by atoms with E-state index in [2.05, 4.69) is 9.73 Å². The van der Waals surface area contributed by atoms with Gasteiger partial charge in [0.05, 0.1) is 5.92 Å². The van der Waals surface area contributed by atoms with Gasteiger partial charge in [0.25, 0.3) is 0 Å². The van der Waals surface area contributed by atoms with E-state index in [0.29, 0.717) is 0 Å². The molecule has 0 aromatic heterocycles. The van der Waals surface area contributed by atoms with E-state index in [-0.39, 0.29) is 0 Å². The monoisotopic (exact) mass is 229 g/mol. The van der Waals surface area contributed by atoms with Crippen LogP contribution in [0.2, 0.25) is 0 Å². The third-order valence-electron chi connectivity index (χ3n) is 1.56. The Morgan fingerprint density at radius 3 is 1.94 bits per heavy atom. The fourth-order valence-corrected chi connectivity index (χ4v) is 0.731. The van der Waals surface area contributed by atoms with Crippen molar-refractivity contribution in [3.8, 4) is 0 Å². The highest BCUT2D eigenvalue weighted by molar-refractivity contribution is 6.06. The van der Waals surface area contributed by atoms with Crippen LogP contribution in [0.15, 0.2) is 4.99 Å². The number of aliphatic imine (C=N–C) groups is 1. The van der Waals surface area contributed by atoms with Crippen molar-refractivity contribution in [2.45, 2.75) is 26.8 Å². The second-order valence-corrected chi connectivity index (χ2v) is 3.46. The molecule has 0 aliphatic rings. The molecule has 4 N–H and O–H groups in total. The molecule has 0 bridgehead atoms. The van der Waals surface area contributed by atoms with Crippen LogP contribution >= 0.6 is 0 Å². The lowest BCUT2D eigenvalue weighted by Crippen LogP contribution is -2.35. The zero-order valence-electron chi connectivity index (χ0n) is 9.39. The van der Waals surface area contributed by atoms with Crippen LogP contribution in [0.3, 0.4) is 0 Å². The van der Waals surface area contributed by atoms with E-state index in [9.17, 15) is 14.4 Å². The number of carbonyl (C=O) groups excluding carboxylic acids is 3. The summed E-state index contributed by atoms with van der Waals surface area (Å²) in [5.41, 5.74) is 10.1. The van der Waals surface area contributed by atoms with E-state index >= 15 is 0 Å². The van der Waals surface area contributed by atoms with Gasteiger partial charge in [0.2, 0.25) is 6.04 Å². The average Bonchev–Trinajstić information content (AvgIpc) is 2.12. The summed E-state index contributed by atoms with van der Waals surface area (Å²) in [6.45, 7) is 4.23. The van der Waals surface area contributed by atoms with Crippen LogP contribution in [0.5, 0.6) is 0 Å². The predicted octanol–water partition coefficient (Wildman–Crippen LogP) is -1.06. The van der Waals surface area contributed by atoms with Crippen LogP contribution in [-0.2, 0) is 19.1 Å². The van der Waals surface area contributed by atoms with E-state index in [4.69, 9.17) is 11.5 Å². The number of nitrogens with zero attached hydrogens (tertiary/aromatic N) is 1. The Kier molecular flexibility index (Phi) is 5.14. The van der Waals surface area contributed by atoms with Gasteiger partial charge in [-0.05, 0) is 6.92 Å². The van der Waals surface area contributed by atoms with E-state index in [0.717, 1.165) is 6.92 Å². The summed E-state index contributed by atoms with van der Waals surface area (Å²) < 4.78 is 4.42. The first-order chi connectivity index (χ1) is 7.25. The smallest absolute Gasteiger partial charge is 0.346 e. The summed E-state index contributed by atoms with van der Waals surface area (Å²) in [6, 6.07) is -1.48. The molecule has 16 heavy (non-hydrogen) atoms. The Balaban J connectivity index is 4.71. The van der Waals surface area contributed by atoms with Crippen molar-refractivity contribution < 1.29 is 19.1 Å². The van der Waals surface area contributed by atoms with Crippen LogP contribution in [-0.4, -0.2) is 29.7 Å². The maximum absolute atomic E-state index is 11.4. The minimum absolute atomic E-state index is 0.422. The molecule has 90 valence electrons. The maximum atomic E-state index is 11.4. The highest BCUT2D eigenvalue weighted by Crippen LogP contribution is 2.02. The van der Waals surface area contributed by atoms with Crippen molar-refractivity contribution in [2.24, 2.45) is 22.4 Å². The van der Waals surface area contributed by atoms with E-state index in [1.165, 1.54) is 0 Å². The summed E-state index contributed by atoms with van der Waals surface area (Å²) in [4.78, 5) is 36.9. The van der Waals surface area contributed by atoms with Crippen molar-refractivity contribution in [2.75, 3.05) is 0 Å². The Labute approximate surface area is 92.8 Å². The van der Waals surface area contributed by atoms with Crippen molar-refractivity contribution in [1.82, 2.24) is 0 Å². The first kappa shape index (κ1) is 14.1. The van der Waals surface area contributed by atoms with Gasteiger partial charge in [-0.3, -0.25) is 9.59 Å². The van der Waals surface area contributed by atoms with E-state index in [1.54, 1.807) is 13.8 Å². The first-order valence-electron chi connectivity index (χ1n) is 4.60. The molecule has 7 heteroatoms. The number of Topliss-reactive ketones (excluding diaryl/α,β-unsaturated/α-hetero) is 1. The molecule has 0 amide bonds. The average molecular weight is 229 g/mol. The largest absolute Gasteiger partial charge is 0.391 e. The zero-order chi connectivity index (χ0) is 12.9. The Morgan fingerprint density at radius 2 is 1.62 bits per heavy atom. The van der Waals surface area contributed by atoms with Crippen molar-refractivity contribution >= 4 is 23.7 Å². The lowest BCUT2D eigenvalue weighted by atomic mass is 10.2. The third kappa shape index (κ3) is 4.54. The molecule has 0 aliphatic heterocycles. The van der Waals surface area contributed by atoms with Crippen LogP contribution in [0.1, 0.15) is 20.8 Å². The molecule has 0 aromatic rings. The summed E-state index contributed by atoms with van der Waals surface area (Å²) >= 11 is 0. The molecule has 1 unspecified atom stereocenters. The van der Waals surface area contributed by atoms with Crippen molar-refractivity contribution in [1.29, 1.82) is 0 Å². The molecule has 1 atom stereocenters. The van der Waals surface area contributed by atoms with Crippen LogP contribution in [0.25, 0.3) is 0 Å².